The molecular formula is C27H29N3O7S. The highest BCUT2D eigenvalue weighted by Gasteiger charge is 2.64. The first-order valence-corrected chi connectivity index (χ1v) is 12.9. The zero-order chi connectivity index (χ0) is 27.8. The molecule has 200 valence electrons. The van der Waals surface area contributed by atoms with Crippen LogP contribution < -0.4 is 10.6 Å². The topological polar surface area (TPSA) is 165 Å². The molecule has 1 heterocycles. The minimum absolute atomic E-state index is 0.0477. The second-order valence-corrected chi connectivity index (χ2v) is 11.4. The third-order valence-electron chi connectivity index (χ3n) is 7.97. The number of aliphatic hydroxyl groups is 3. The molecule has 5 rings (SSSR count). The summed E-state index contributed by atoms with van der Waals surface area (Å²) in [6, 6.07) is 4.38. The van der Waals surface area contributed by atoms with Crippen LogP contribution in [0.2, 0.25) is 0 Å². The van der Waals surface area contributed by atoms with E-state index in [0.29, 0.717) is 11.1 Å². The number of rotatable bonds is 4. The molecule has 3 aliphatic carbocycles. The lowest BCUT2D eigenvalue weighted by Gasteiger charge is -2.50. The molecule has 1 saturated carbocycles. The van der Waals surface area contributed by atoms with Crippen LogP contribution in [0.1, 0.15) is 17.5 Å². The van der Waals surface area contributed by atoms with Crippen molar-refractivity contribution in [3.8, 4) is 16.2 Å². The molecule has 1 aromatic heterocycles. The summed E-state index contributed by atoms with van der Waals surface area (Å²) >= 11 is 1.40. The van der Waals surface area contributed by atoms with E-state index in [1.54, 1.807) is 14.1 Å². The number of hydrogen-bond acceptors (Lipinski definition) is 10. The van der Waals surface area contributed by atoms with Crippen LogP contribution in [-0.4, -0.2) is 82.6 Å². The molecule has 6 N–H and O–H groups in total. The lowest BCUT2D eigenvalue weighted by Crippen LogP contribution is -2.65. The van der Waals surface area contributed by atoms with Crippen molar-refractivity contribution < 1.29 is 34.8 Å². The first kappa shape index (κ1) is 26.0. The molecule has 38 heavy (non-hydrogen) atoms. The summed E-state index contributed by atoms with van der Waals surface area (Å²) in [5.74, 6) is -6.60. The van der Waals surface area contributed by atoms with Crippen LogP contribution >= 0.6 is 11.3 Å². The number of thiophene rings is 1. The summed E-state index contributed by atoms with van der Waals surface area (Å²) in [5, 5.41) is 47.4. The molecule has 3 aliphatic rings. The summed E-state index contributed by atoms with van der Waals surface area (Å²) < 4.78 is 0. The molecule has 1 aromatic carbocycles. The average molecular weight is 540 g/mol. The molecule has 0 aliphatic heterocycles. The van der Waals surface area contributed by atoms with Crippen molar-refractivity contribution in [3.63, 3.8) is 0 Å². The Morgan fingerprint density at radius 3 is 2.39 bits per heavy atom. The summed E-state index contributed by atoms with van der Waals surface area (Å²) in [5.41, 5.74) is 3.63. The Labute approximate surface area is 222 Å². The third-order valence-corrected chi connectivity index (χ3v) is 8.87. The summed E-state index contributed by atoms with van der Waals surface area (Å²) in [6.07, 6.45) is 0.284. The van der Waals surface area contributed by atoms with Gasteiger partial charge in [0.25, 0.3) is 5.91 Å². The highest BCUT2D eigenvalue weighted by atomic mass is 32.1. The Bertz CT molecular complexity index is 1460. The van der Waals surface area contributed by atoms with Crippen LogP contribution in [0.25, 0.3) is 16.2 Å². The highest BCUT2D eigenvalue weighted by molar-refractivity contribution is 7.13. The molecule has 0 radical (unpaired) electrons. The van der Waals surface area contributed by atoms with Gasteiger partial charge in [0.2, 0.25) is 5.78 Å². The molecule has 0 unspecified atom stereocenters. The molecule has 2 aromatic rings. The predicted molar refractivity (Wildman–Crippen MR) is 142 cm³/mol. The van der Waals surface area contributed by atoms with Crippen LogP contribution in [-0.2, 0) is 20.8 Å². The lowest BCUT2D eigenvalue weighted by molar-refractivity contribution is -0.153. The fourth-order valence-corrected chi connectivity index (χ4v) is 7.05. The van der Waals surface area contributed by atoms with E-state index >= 15 is 0 Å². The van der Waals surface area contributed by atoms with Gasteiger partial charge >= 0.3 is 0 Å². The van der Waals surface area contributed by atoms with Gasteiger partial charge in [0, 0.05) is 41.7 Å². The van der Waals surface area contributed by atoms with E-state index in [9.17, 15) is 34.8 Å². The number of carbonyl (C=O) groups is 3. The summed E-state index contributed by atoms with van der Waals surface area (Å²) in [7, 11) is 6.81. The number of Topliss-reactive ketones (excluding diaryl/α,β-unsaturated/α-hetero) is 2. The quantitative estimate of drug-likeness (QED) is 0.364. The number of benzene rings is 1. The van der Waals surface area contributed by atoms with Gasteiger partial charge in [-0.2, -0.15) is 0 Å². The van der Waals surface area contributed by atoms with Gasteiger partial charge in [-0.15, -0.1) is 11.3 Å². The van der Waals surface area contributed by atoms with E-state index in [-0.39, 0.29) is 29.7 Å². The number of fused-ring (bicyclic) bond motifs is 3. The van der Waals surface area contributed by atoms with Crippen molar-refractivity contribution in [3.05, 3.63) is 51.6 Å². The van der Waals surface area contributed by atoms with E-state index in [2.05, 4.69) is 0 Å². The number of phenols is 1. The molecular weight excluding hydrogens is 510 g/mol. The number of amides is 1. The van der Waals surface area contributed by atoms with Gasteiger partial charge in [0.1, 0.15) is 22.8 Å². The van der Waals surface area contributed by atoms with Crippen LogP contribution in [0.4, 0.5) is 5.69 Å². The highest BCUT2D eigenvalue weighted by Crippen LogP contribution is 2.55. The maximum Gasteiger partial charge on any atom is 0.255 e. The lowest BCUT2D eigenvalue weighted by atomic mass is 9.57. The second kappa shape index (κ2) is 8.69. The van der Waals surface area contributed by atoms with Crippen molar-refractivity contribution in [2.24, 2.45) is 17.6 Å². The van der Waals surface area contributed by atoms with Gasteiger partial charge < -0.3 is 31.1 Å². The summed E-state index contributed by atoms with van der Waals surface area (Å²) in [4.78, 5) is 43.4. The van der Waals surface area contributed by atoms with Crippen molar-refractivity contribution >= 4 is 40.3 Å². The standard InChI is InChI=1S/C27H29N3O7S/c1-29(2)15-10-13(16-6-5-7-38-16)21(31)18-12(15)8-11-9-14-20(30(3)4)23(33)19(26(28)36)25(35)27(14,37)24(34)17(11)22(18)32/h5-7,10-11,14,20,31-32,35,37H,8-9H2,1-4H3,(H2,28,36)/t11-,14+,20-,27-/m0/s1. The molecule has 1 amide bonds. The van der Waals surface area contributed by atoms with Crippen molar-refractivity contribution in [1.29, 1.82) is 0 Å². The van der Waals surface area contributed by atoms with Gasteiger partial charge in [0.15, 0.2) is 11.4 Å². The van der Waals surface area contributed by atoms with Crippen molar-refractivity contribution in [1.82, 2.24) is 4.90 Å². The van der Waals surface area contributed by atoms with Crippen LogP contribution in [0.15, 0.2) is 40.5 Å². The van der Waals surface area contributed by atoms with E-state index in [4.69, 9.17) is 5.73 Å². The first-order chi connectivity index (χ1) is 17.8. The normalized spacial score (nSPS) is 26.8. The van der Waals surface area contributed by atoms with Gasteiger partial charge in [-0.1, -0.05) is 6.07 Å². The van der Waals surface area contributed by atoms with Gasteiger partial charge in [-0.25, -0.2) is 0 Å². The maximum atomic E-state index is 14.0. The number of primary amides is 1. The molecule has 0 spiro atoms. The third kappa shape index (κ3) is 3.35. The Balaban J connectivity index is 1.78. The Morgan fingerprint density at radius 1 is 1.16 bits per heavy atom. The van der Waals surface area contributed by atoms with E-state index < -0.39 is 58.0 Å². The van der Waals surface area contributed by atoms with Gasteiger partial charge in [0.05, 0.1) is 11.6 Å². The number of likely N-dealkylation sites (N-methyl/N-ethyl adjacent to an activating group) is 1. The van der Waals surface area contributed by atoms with Crippen LogP contribution in [0.3, 0.4) is 0 Å². The number of aromatic hydroxyl groups is 1. The minimum atomic E-state index is -2.66. The minimum Gasteiger partial charge on any atom is -0.508 e. The molecule has 1 fully saturated rings. The zero-order valence-electron chi connectivity index (χ0n) is 21.3. The Morgan fingerprint density at radius 2 is 1.84 bits per heavy atom. The van der Waals surface area contributed by atoms with Crippen LogP contribution in [0.5, 0.6) is 5.75 Å². The number of carbonyl (C=O) groups excluding carboxylic acids is 3. The number of phenolic OH excluding ortho intramolecular Hbond substituents is 1. The molecule has 10 nitrogen and oxygen atoms in total. The monoisotopic (exact) mass is 539 g/mol. The average Bonchev–Trinajstić information content (AvgIpc) is 3.35. The fourth-order valence-electron chi connectivity index (χ4n) is 6.31. The van der Waals surface area contributed by atoms with Gasteiger partial charge in [-0.05, 0) is 55.9 Å². The number of anilines is 1. The molecule has 4 atom stereocenters. The van der Waals surface area contributed by atoms with Crippen LogP contribution in [0, 0.1) is 11.8 Å². The number of nitrogens with zero attached hydrogens (tertiary/aromatic N) is 2. The smallest absolute Gasteiger partial charge is 0.255 e. The van der Waals surface area contributed by atoms with E-state index in [1.165, 1.54) is 16.2 Å². The molecule has 11 heteroatoms. The first-order valence-electron chi connectivity index (χ1n) is 12.1. The van der Waals surface area contributed by atoms with E-state index in [0.717, 1.165) is 10.6 Å². The zero-order valence-corrected chi connectivity index (χ0v) is 22.2. The fraction of sp³-hybridized carbons (Fsp3) is 0.370. The largest absolute Gasteiger partial charge is 0.508 e. The predicted octanol–water partition coefficient (Wildman–Crippen LogP) is 1.76. The second-order valence-electron chi connectivity index (χ2n) is 10.5. The number of aliphatic hydroxyl groups excluding tert-OH is 2. The summed E-state index contributed by atoms with van der Waals surface area (Å²) in [6.45, 7) is 0. The van der Waals surface area contributed by atoms with Crippen molar-refractivity contribution in [2.45, 2.75) is 24.5 Å². The Hall–Kier alpha value is -3.67. The SMILES string of the molecule is CN(C)c1cc(-c2cccs2)c(O)c2c1C[C@H]1C[C@@H]3[C@H](N(C)C)C(=O)C(C(N)=O)=C(O)[C@@]3(O)C(=O)C1=C2O. The number of ketones is 2. The molecule has 0 bridgehead atoms. The maximum absolute atomic E-state index is 14.0. The van der Waals surface area contributed by atoms with Gasteiger partial charge in [-0.3, -0.25) is 19.3 Å². The number of hydrogen-bond donors (Lipinski definition) is 5. The Kier molecular flexibility index (Phi) is 5.93. The molecule has 0 saturated heterocycles. The number of nitrogens with two attached hydrogens (primary N) is 1. The van der Waals surface area contributed by atoms with E-state index in [1.807, 2.05) is 42.6 Å². The van der Waals surface area contributed by atoms with Crippen molar-refractivity contribution in [2.75, 3.05) is 33.1 Å².